The zero-order chi connectivity index (χ0) is 13.2. The average molecular weight is 261 g/mol. The first-order valence-electron chi connectivity index (χ1n) is 7.15. The molecule has 1 aliphatic rings. The van der Waals surface area contributed by atoms with Crippen LogP contribution in [0.15, 0.2) is 18.2 Å². The van der Waals surface area contributed by atoms with Crippen LogP contribution in [0.3, 0.4) is 0 Å². The fraction of sp³-hybridized carbons (Fsp3) is 0.533. The van der Waals surface area contributed by atoms with Gasteiger partial charge in [0, 0.05) is 11.9 Å². The number of rotatable bonds is 4. The first-order valence-corrected chi connectivity index (χ1v) is 7.15. The summed E-state index contributed by atoms with van der Waals surface area (Å²) in [6, 6.07) is 4.98. The van der Waals surface area contributed by atoms with Crippen molar-refractivity contribution >= 4 is 10.9 Å². The quantitative estimate of drug-likeness (QED) is 0.844. The number of halogens is 1. The largest absolute Gasteiger partial charge is 0.301 e. The SMILES string of the molecule is CCc1nn(CCN2CCCC2)c2ccc(F)cc12. The molecule has 0 unspecified atom stereocenters. The fourth-order valence-corrected chi connectivity index (χ4v) is 2.89. The van der Waals surface area contributed by atoms with Gasteiger partial charge in [0.25, 0.3) is 0 Å². The molecular formula is C15H20FN3. The molecule has 1 fully saturated rings. The molecule has 0 spiro atoms. The Hall–Kier alpha value is -1.42. The number of nitrogens with zero attached hydrogens (tertiary/aromatic N) is 3. The molecule has 2 heterocycles. The minimum atomic E-state index is -0.179. The summed E-state index contributed by atoms with van der Waals surface area (Å²) < 4.78 is 15.4. The third kappa shape index (κ3) is 2.50. The molecule has 1 aromatic heterocycles. The van der Waals surface area contributed by atoms with Gasteiger partial charge >= 0.3 is 0 Å². The van der Waals surface area contributed by atoms with E-state index >= 15 is 0 Å². The molecule has 0 saturated carbocycles. The molecule has 3 nitrogen and oxygen atoms in total. The smallest absolute Gasteiger partial charge is 0.124 e. The zero-order valence-electron chi connectivity index (χ0n) is 11.4. The molecule has 4 heteroatoms. The van der Waals surface area contributed by atoms with Gasteiger partial charge in [-0.15, -0.1) is 0 Å². The third-order valence-electron chi connectivity index (χ3n) is 3.95. The monoisotopic (exact) mass is 261 g/mol. The van der Waals surface area contributed by atoms with E-state index in [1.165, 1.54) is 32.0 Å². The van der Waals surface area contributed by atoms with Gasteiger partial charge in [0.15, 0.2) is 0 Å². The molecule has 102 valence electrons. The van der Waals surface area contributed by atoms with Crippen LogP contribution in [-0.2, 0) is 13.0 Å². The van der Waals surface area contributed by atoms with E-state index in [4.69, 9.17) is 0 Å². The lowest BCUT2D eigenvalue weighted by Crippen LogP contribution is -2.24. The summed E-state index contributed by atoms with van der Waals surface area (Å²) in [4.78, 5) is 2.47. The Morgan fingerprint density at radius 1 is 1.21 bits per heavy atom. The fourth-order valence-electron chi connectivity index (χ4n) is 2.89. The number of benzene rings is 1. The molecule has 0 bridgehead atoms. The third-order valence-corrected chi connectivity index (χ3v) is 3.95. The first-order chi connectivity index (χ1) is 9.28. The highest BCUT2D eigenvalue weighted by Gasteiger charge is 2.14. The lowest BCUT2D eigenvalue weighted by Gasteiger charge is -2.14. The molecule has 3 rings (SSSR count). The van der Waals surface area contributed by atoms with E-state index in [1.54, 1.807) is 6.07 Å². The molecule has 0 atom stereocenters. The van der Waals surface area contributed by atoms with E-state index in [1.807, 2.05) is 10.7 Å². The molecule has 19 heavy (non-hydrogen) atoms. The molecule has 0 amide bonds. The van der Waals surface area contributed by atoms with Gasteiger partial charge in [-0.25, -0.2) is 4.39 Å². The van der Waals surface area contributed by atoms with Gasteiger partial charge < -0.3 is 4.90 Å². The molecule has 1 saturated heterocycles. The van der Waals surface area contributed by atoms with E-state index < -0.39 is 0 Å². The number of likely N-dealkylation sites (tertiary alicyclic amines) is 1. The van der Waals surface area contributed by atoms with Crippen LogP contribution < -0.4 is 0 Å². The van der Waals surface area contributed by atoms with Crippen molar-refractivity contribution in [1.82, 2.24) is 14.7 Å². The second-order valence-electron chi connectivity index (χ2n) is 5.23. The summed E-state index contributed by atoms with van der Waals surface area (Å²) in [6.45, 7) is 6.40. The Morgan fingerprint density at radius 2 is 2.00 bits per heavy atom. The minimum absolute atomic E-state index is 0.179. The number of aromatic nitrogens is 2. The first kappa shape index (κ1) is 12.6. The van der Waals surface area contributed by atoms with E-state index in [2.05, 4.69) is 16.9 Å². The lowest BCUT2D eigenvalue weighted by molar-refractivity contribution is 0.317. The van der Waals surface area contributed by atoms with E-state index in [-0.39, 0.29) is 5.82 Å². The maximum absolute atomic E-state index is 13.3. The van der Waals surface area contributed by atoms with Gasteiger partial charge in [0.05, 0.1) is 17.8 Å². The molecule has 0 N–H and O–H groups in total. The van der Waals surface area contributed by atoms with Crippen LogP contribution in [0.4, 0.5) is 4.39 Å². The van der Waals surface area contributed by atoms with E-state index in [0.29, 0.717) is 0 Å². The van der Waals surface area contributed by atoms with Gasteiger partial charge in [-0.3, -0.25) is 4.68 Å². The lowest BCUT2D eigenvalue weighted by atomic mass is 10.2. The predicted octanol–water partition coefficient (Wildman–Crippen LogP) is 2.83. The van der Waals surface area contributed by atoms with Crippen molar-refractivity contribution in [3.05, 3.63) is 29.7 Å². The van der Waals surface area contributed by atoms with Gasteiger partial charge in [-0.1, -0.05) is 6.92 Å². The Balaban J connectivity index is 1.85. The summed E-state index contributed by atoms with van der Waals surface area (Å²) >= 11 is 0. The molecule has 2 aromatic rings. The van der Waals surface area contributed by atoms with Crippen LogP contribution in [0.1, 0.15) is 25.5 Å². The van der Waals surface area contributed by atoms with Gasteiger partial charge in [0.1, 0.15) is 5.82 Å². The normalized spacial score (nSPS) is 16.5. The maximum Gasteiger partial charge on any atom is 0.124 e. The standard InChI is InChI=1S/C15H20FN3/c1-2-14-13-11-12(16)5-6-15(13)19(17-14)10-9-18-7-3-4-8-18/h5-6,11H,2-4,7-10H2,1H3. The van der Waals surface area contributed by atoms with Crippen LogP contribution >= 0.6 is 0 Å². The minimum Gasteiger partial charge on any atom is -0.301 e. The summed E-state index contributed by atoms with van der Waals surface area (Å²) in [7, 11) is 0. The van der Waals surface area contributed by atoms with Crippen molar-refractivity contribution in [3.8, 4) is 0 Å². The molecule has 1 aliphatic heterocycles. The molecule has 0 radical (unpaired) electrons. The van der Waals surface area contributed by atoms with Crippen LogP contribution in [0.2, 0.25) is 0 Å². The zero-order valence-corrected chi connectivity index (χ0v) is 11.4. The Kier molecular flexibility index (Phi) is 3.51. The Bertz CT molecular complexity index is 570. The summed E-state index contributed by atoms with van der Waals surface area (Å²) in [6.07, 6.45) is 3.47. The molecule has 0 aliphatic carbocycles. The van der Waals surface area contributed by atoms with Gasteiger partial charge in [-0.2, -0.15) is 5.10 Å². The number of aryl methyl sites for hydroxylation is 1. The highest BCUT2D eigenvalue weighted by atomic mass is 19.1. The topological polar surface area (TPSA) is 21.1 Å². The van der Waals surface area contributed by atoms with Crippen LogP contribution in [0, 0.1) is 5.82 Å². The van der Waals surface area contributed by atoms with E-state index in [0.717, 1.165) is 36.1 Å². The molecule has 1 aromatic carbocycles. The van der Waals surface area contributed by atoms with Crippen LogP contribution in [0.5, 0.6) is 0 Å². The van der Waals surface area contributed by atoms with Crippen molar-refractivity contribution in [2.45, 2.75) is 32.7 Å². The van der Waals surface area contributed by atoms with Crippen molar-refractivity contribution in [1.29, 1.82) is 0 Å². The van der Waals surface area contributed by atoms with Gasteiger partial charge in [-0.05, 0) is 50.6 Å². The highest BCUT2D eigenvalue weighted by molar-refractivity contribution is 5.82. The Labute approximate surface area is 113 Å². The van der Waals surface area contributed by atoms with Crippen molar-refractivity contribution < 1.29 is 4.39 Å². The van der Waals surface area contributed by atoms with Crippen LogP contribution in [0.25, 0.3) is 10.9 Å². The number of hydrogen-bond acceptors (Lipinski definition) is 2. The van der Waals surface area contributed by atoms with Crippen molar-refractivity contribution in [2.24, 2.45) is 0 Å². The van der Waals surface area contributed by atoms with Crippen molar-refractivity contribution in [3.63, 3.8) is 0 Å². The number of hydrogen-bond donors (Lipinski definition) is 0. The highest BCUT2D eigenvalue weighted by Crippen LogP contribution is 2.20. The molecular weight excluding hydrogens is 241 g/mol. The summed E-state index contributed by atoms with van der Waals surface area (Å²) in [5, 5.41) is 5.60. The second kappa shape index (κ2) is 5.29. The number of fused-ring (bicyclic) bond motifs is 1. The summed E-state index contributed by atoms with van der Waals surface area (Å²) in [5.41, 5.74) is 2.05. The Morgan fingerprint density at radius 3 is 2.74 bits per heavy atom. The van der Waals surface area contributed by atoms with Gasteiger partial charge in [0.2, 0.25) is 0 Å². The van der Waals surface area contributed by atoms with Crippen molar-refractivity contribution in [2.75, 3.05) is 19.6 Å². The van der Waals surface area contributed by atoms with Crippen LogP contribution in [-0.4, -0.2) is 34.3 Å². The predicted molar refractivity (Wildman–Crippen MR) is 74.7 cm³/mol. The average Bonchev–Trinajstić information content (AvgIpc) is 3.03. The summed E-state index contributed by atoms with van der Waals surface area (Å²) in [5.74, 6) is -0.179. The second-order valence-corrected chi connectivity index (χ2v) is 5.23. The maximum atomic E-state index is 13.3. The van der Waals surface area contributed by atoms with E-state index in [9.17, 15) is 4.39 Å².